The molecule has 1 aromatic heterocycles. The van der Waals surface area contributed by atoms with Crippen LogP contribution in [-0.4, -0.2) is 33.8 Å². The first-order valence-corrected chi connectivity index (χ1v) is 8.84. The lowest BCUT2D eigenvalue weighted by molar-refractivity contribution is -0.123. The second-order valence-electron chi connectivity index (χ2n) is 6.73. The Balaban J connectivity index is 1.72. The van der Waals surface area contributed by atoms with E-state index in [9.17, 15) is 14.0 Å². The van der Waals surface area contributed by atoms with Gasteiger partial charge in [0.2, 0.25) is 5.91 Å². The van der Waals surface area contributed by atoms with Gasteiger partial charge in [0.15, 0.2) is 0 Å². The van der Waals surface area contributed by atoms with Gasteiger partial charge in [-0.3, -0.25) is 9.59 Å². The van der Waals surface area contributed by atoms with Crippen LogP contribution in [0.5, 0.6) is 0 Å². The zero-order chi connectivity index (χ0) is 17.9. The fourth-order valence-corrected chi connectivity index (χ4v) is 4.74. The Morgan fingerprint density at radius 3 is 2.84 bits per heavy atom. The highest BCUT2D eigenvalue weighted by atomic mass is 32.1. The third-order valence-electron chi connectivity index (χ3n) is 5.11. The van der Waals surface area contributed by atoms with Crippen molar-refractivity contribution in [2.24, 2.45) is 11.1 Å². The van der Waals surface area contributed by atoms with Crippen LogP contribution in [0.25, 0.3) is 10.4 Å². The van der Waals surface area contributed by atoms with Gasteiger partial charge in [0, 0.05) is 12.1 Å². The van der Waals surface area contributed by atoms with Crippen molar-refractivity contribution in [3.05, 3.63) is 47.7 Å². The highest BCUT2D eigenvalue weighted by Crippen LogP contribution is 2.59. The fraction of sp³-hybridized carbons (Fsp3) is 0.333. The molecule has 25 heavy (non-hydrogen) atoms. The van der Waals surface area contributed by atoms with E-state index in [4.69, 9.17) is 5.73 Å². The van der Waals surface area contributed by atoms with Crippen LogP contribution in [0.15, 0.2) is 24.3 Å². The lowest BCUT2D eigenvalue weighted by atomic mass is 10.00. The van der Waals surface area contributed by atoms with Crippen molar-refractivity contribution in [2.75, 3.05) is 0 Å². The third-order valence-corrected chi connectivity index (χ3v) is 6.13. The molecule has 2 amide bonds. The average molecular weight is 358 g/mol. The monoisotopic (exact) mass is 358 g/mol. The van der Waals surface area contributed by atoms with Gasteiger partial charge in [-0.2, -0.15) is 0 Å². The number of thiazole rings is 1. The van der Waals surface area contributed by atoms with Crippen molar-refractivity contribution < 1.29 is 14.0 Å². The summed E-state index contributed by atoms with van der Waals surface area (Å²) in [6, 6.07) is 5.58. The van der Waals surface area contributed by atoms with Crippen LogP contribution >= 0.6 is 11.3 Å². The Morgan fingerprint density at radius 2 is 2.20 bits per heavy atom. The Labute approximate surface area is 148 Å². The number of fused-ring (bicyclic) bond motifs is 1. The summed E-state index contributed by atoms with van der Waals surface area (Å²) in [7, 11) is 0. The second kappa shape index (κ2) is 5.36. The van der Waals surface area contributed by atoms with E-state index in [1.54, 1.807) is 24.0 Å². The number of hydrogen-bond donors (Lipinski definition) is 1. The Morgan fingerprint density at radius 1 is 1.44 bits per heavy atom. The Bertz CT molecular complexity index is 896. The van der Waals surface area contributed by atoms with Crippen molar-refractivity contribution in [2.45, 2.75) is 31.8 Å². The van der Waals surface area contributed by atoms with Gasteiger partial charge in [-0.05, 0) is 44.4 Å². The largest absolute Gasteiger partial charge is 0.369 e. The zero-order valence-corrected chi connectivity index (χ0v) is 14.5. The summed E-state index contributed by atoms with van der Waals surface area (Å²) in [6.45, 7) is 5.82. The van der Waals surface area contributed by atoms with Crippen LogP contribution in [0.1, 0.15) is 28.3 Å². The minimum absolute atomic E-state index is 0.206. The molecule has 2 aliphatic rings. The molecular weight excluding hydrogens is 341 g/mol. The number of nitrogens with two attached hydrogens (primary N) is 1. The summed E-state index contributed by atoms with van der Waals surface area (Å²) in [4.78, 5) is 31.5. The van der Waals surface area contributed by atoms with E-state index in [-0.39, 0.29) is 35.4 Å². The van der Waals surface area contributed by atoms with Crippen LogP contribution in [-0.2, 0) is 4.79 Å². The molecule has 5 nitrogen and oxygen atoms in total. The van der Waals surface area contributed by atoms with Gasteiger partial charge in [0.05, 0.1) is 15.3 Å². The molecule has 1 radical (unpaired) electrons. The molecule has 0 bridgehead atoms. The van der Waals surface area contributed by atoms with Gasteiger partial charge in [-0.25, -0.2) is 9.37 Å². The number of halogens is 1. The smallest absolute Gasteiger partial charge is 0.274 e. The molecular formula is C18H17FN3O2S. The Hall–Kier alpha value is -2.28. The summed E-state index contributed by atoms with van der Waals surface area (Å²) >= 11 is 1.35. The first kappa shape index (κ1) is 16.2. The van der Waals surface area contributed by atoms with E-state index >= 15 is 0 Å². The number of primary amides is 1. The number of benzene rings is 1. The zero-order valence-electron chi connectivity index (χ0n) is 13.7. The highest BCUT2D eigenvalue weighted by Gasteiger charge is 2.68. The van der Waals surface area contributed by atoms with E-state index < -0.39 is 5.41 Å². The van der Waals surface area contributed by atoms with Crippen LogP contribution in [0.4, 0.5) is 4.39 Å². The van der Waals surface area contributed by atoms with E-state index in [1.807, 2.05) is 0 Å². The maximum atomic E-state index is 13.6. The van der Waals surface area contributed by atoms with Gasteiger partial charge in [0.25, 0.3) is 5.91 Å². The van der Waals surface area contributed by atoms with Gasteiger partial charge in [0.1, 0.15) is 11.5 Å². The van der Waals surface area contributed by atoms with Crippen molar-refractivity contribution in [3.8, 4) is 10.4 Å². The molecule has 1 unspecified atom stereocenters. The first-order valence-electron chi connectivity index (χ1n) is 8.02. The molecule has 3 atom stereocenters. The van der Waals surface area contributed by atoms with Crippen LogP contribution in [0.3, 0.4) is 0 Å². The topological polar surface area (TPSA) is 76.3 Å². The third kappa shape index (κ3) is 2.37. The molecule has 1 aliphatic carbocycles. The molecule has 2 N–H and O–H groups in total. The minimum Gasteiger partial charge on any atom is -0.369 e. The molecule has 1 aromatic carbocycles. The van der Waals surface area contributed by atoms with Gasteiger partial charge < -0.3 is 10.6 Å². The van der Waals surface area contributed by atoms with Crippen molar-refractivity contribution in [1.82, 2.24) is 9.88 Å². The second-order valence-corrected chi connectivity index (χ2v) is 7.93. The number of aromatic nitrogens is 1. The number of likely N-dealkylation sites (tertiary alicyclic amines) is 1. The minimum atomic E-state index is -0.633. The molecule has 2 aromatic rings. The molecule has 7 heteroatoms. The van der Waals surface area contributed by atoms with E-state index in [2.05, 4.69) is 11.9 Å². The maximum absolute atomic E-state index is 13.6. The van der Waals surface area contributed by atoms with Crippen molar-refractivity contribution >= 4 is 23.2 Å². The van der Waals surface area contributed by atoms with E-state index in [0.29, 0.717) is 23.3 Å². The number of aryl methyl sites for hydroxylation is 1. The standard InChI is InChI=1S/C18H17FN3O2S/c1-9-7-18(17(20)24)8-13(18)22(9)16(23)14-15(25-10(2)21-14)11-4-3-5-12(19)6-11/h3-6,9,13H,1,7-8H2,2H3,(H2,20,24)/t9-,13-,18?/m0/s1. The van der Waals surface area contributed by atoms with Gasteiger partial charge in [-0.15, -0.1) is 11.3 Å². The Kier molecular flexibility index (Phi) is 3.47. The number of hydrogen-bond acceptors (Lipinski definition) is 4. The SMILES string of the molecule is [CH2][C@H]1CC2(C(N)=O)C[C@@H]2N1C(=O)c1nc(C)sc1-c1cccc(F)c1. The molecule has 1 saturated heterocycles. The highest BCUT2D eigenvalue weighted by molar-refractivity contribution is 7.15. The number of carbonyl (C=O) groups is 2. The molecule has 2 fully saturated rings. The normalized spacial score (nSPS) is 27.2. The summed E-state index contributed by atoms with van der Waals surface area (Å²) < 4.78 is 13.6. The summed E-state index contributed by atoms with van der Waals surface area (Å²) in [6.07, 6.45) is 1.07. The number of piperidine rings is 1. The van der Waals surface area contributed by atoms with E-state index in [1.165, 1.54) is 23.5 Å². The lowest BCUT2D eigenvalue weighted by Crippen LogP contribution is -2.37. The quantitative estimate of drug-likeness (QED) is 0.916. The van der Waals surface area contributed by atoms with Crippen LogP contribution < -0.4 is 5.73 Å². The summed E-state index contributed by atoms with van der Waals surface area (Å²) in [5.41, 5.74) is 5.79. The number of amides is 2. The maximum Gasteiger partial charge on any atom is 0.274 e. The average Bonchev–Trinajstić information content (AvgIpc) is 2.98. The predicted molar refractivity (Wildman–Crippen MR) is 92.2 cm³/mol. The number of carbonyl (C=O) groups excluding carboxylic acids is 2. The first-order chi connectivity index (χ1) is 11.8. The van der Waals surface area contributed by atoms with Crippen molar-refractivity contribution in [1.29, 1.82) is 0 Å². The number of rotatable bonds is 3. The molecule has 2 heterocycles. The van der Waals surface area contributed by atoms with E-state index in [0.717, 1.165) is 5.01 Å². The fourth-order valence-electron chi connectivity index (χ4n) is 3.84. The van der Waals surface area contributed by atoms with Crippen LogP contribution in [0, 0.1) is 25.1 Å². The van der Waals surface area contributed by atoms with Crippen LogP contribution in [0.2, 0.25) is 0 Å². The number of nitrogens with zero attached hydrogens (tertiary/aromatic N) is 2. The lowest BCUT2D eigenvalue weighted by Gasteiger charge is -2.23. The van der Waals surface area contributed by atoms with Crippen molar-refractivity contribution in [3.63, 3.8) is 0 Å². The molecule has 0 spiro atoms. The molecule has 1 saturated carbocycles. The molecule has 4 rings (SSSR count). The van der Waals surface area contributed by atoms with Gasteiger partial charge >= 0.3 is 0 Å². The summed E-state index contributed by atoms with van der Waals surface area (Å²) in [5, 5.41) is 0.722. The van der Waals surface area contributed by atoms with Gasteiger partial charge in [-0.1, -0.05) is 12.1 Å². The molecule has 1 aliphatic heterocycles. The summed E-state index contributed by atoms with van der Waals surface area (Å²) in [5.74, 6) is -1.01. The predicted octanol–water partition coefficient (Wildman–Crippen LogP) is 2.55. The molecule has 129 valence electrons.